The highest BCUT2D eigenvalue weighted by atomic mass is 16.2. The van der Waals surface area contributed by atoms with Crippen molar-refractivity contribution in [2.75, 3.05) is 0 Å². The predicted molar refractivity (Wildman–Crippen MR) is 88.1 cm³/mol. The van der Waals surface area contributed by atoms with Crippen molar-refractivity contribution in [3.8, 4) is 0 Å². The number of nitrogens with zero attached hydrogens (tertiary/aromatic N) is 2. The molecule has 2 aromatic rings. The Labute approximate surface area is 131 Å². The zero-order valence-corrected chi connectivity index (χ0v) is 13.5. The van der Waals surface area contributed by atoms with Crippen LogP contribution >= 0.6 is 0 Å². The molecule has 0 bridgehead atoms. The number of nitrogens with one attached hydrogen (secondary N) is 1. The number of imidazole rings is 1. The van der Waals surface area contributed by atoms with Crippen molar-refractivity contribution in [2.24, 2.45) is 5.92 Å². The Morgan fingerprint density at radius 3 is 2.95 bits per heavy atom. The zero-order valence-electron chi connectivity index (χ0n) is 13.5. The Balaban J connectivity index is 1.90. The zero-order chi connectivity index (χ0) is 15.5. The molecule has 0 aromatic carbocycles. The molecule has 118 valence electrons. The van der Waals surface area contributed by atoms with Gasteiger partial charge in [-0.15, -0.1) is 0 Å². The molecule has 1 amide bonds. The molecule has 2 heterocycles. The van der Waals surface area contributed by atoms with Gasteiger partial charge >= 0.3 is 0 Å². The number of hydrogen-bond acceptors (Lipinski definition) is 2. The Hall–Kier alpha value is -1.84. The first kappa shape index (κ1) is 15.1. The van der Waals surface area contributed by atoms with Crippen molar-refractivity contribution in [1.29, 1.82) is 0 Å². The molecular weight excluding hydrogens is 274 g/mol. The summed E-state index contributed by atoms with van der Waals surface area (Å²) in [5.74, 6) is 0.590. The van der Waals surface area contributed by atoms with Crippen molar-refractivity contribution < 1.29 is 4.79 Å². The summed E-state index contributed by atoms with van der Waals surface area (Å²) in [4.78, 5) is 17.5. The van der Waals surface area contributed by atoms with E-state index in [9.17, 15) is 4.79 Å². The molecule has 0 saturated heterocycles. The quantitative estimate of drug-likeness (QED) is 0.937. The first-order valence-electron chi connectivity index (χ1n) is 8.47. The minimum absolute atomic E-state index is 0.0286. The highest BCUT2D eigenvalue weighted by Gasteiger charge is 2.26. The molecule has 3 rings (SSSR count). The summed E-state index contributed by atoms with van der Waals surface area (Å²) in [5, 5.41) is 3.26. The molecule has 1 fully saturated rings. The lowest BCUT2D eigenvalue weighted by molar-refractivity contribution is 0.0903. The lowest BCUT2D eigenvalue weighted by atomic mass is 9.86. The van der Waals surface area contributed by atoms with Gasteiger partial charge in [-0.2, -0.15) is 0 Å². The summed E-state index contributed by atoms with van der Waals surface area (Å²) in [6, 6.07) is 6.16. The van der Waals surface area contributed by atoms with Crippen LogP contribution in [0.3, 0.4) is 0 Å². The van der Waals surface area contributed by atoms with Crippen molar-refractivity contribution in [3.05, 3.63) is 35.8 Å². The van der Waals surface area contributed by atoms with Crippen LogP contribution in [0.2, 0.25) is 0 Å². The molecule has 4 nitrogen and oxygen atoms in total. The number of hydrogen-bond donors (Lipinski definition) is 1. The number of carbonyl (C=O) groups is 1. The average Bonchev–Trinajstić information content (AvgIpc) is 2.88. The molecular formula is C18H25N3O. The second-order valence-corrected chi connectivity index (χ2v) is 6.43. The maximum atomic E-state index is 12.9. The average molecular weight is 299 g/mol. The molecule has 0 spiro atoms. The fourth-order valence-electron chi connectivity index (χ4n) is 3.46. The number of pyridine rings is 1. The SMILES string of the molecule is CCCc1nc2ccccn2c1C(=O)NC1CCCCC1C. The molecule has 2 unspecified atom stereocenters. The normalized spacial score (nSPS) is 21.9. The third-order valence-corrected chi connectivity index (χ3v) is 4.73. The summed E-state index contributed by atoms with van der Waals surface area (Å²) in [7, 11) is 0. The number of amides is 1. The van der Waals surface area contributed by atoms with Crippen LogP contribution in [-0.2, 0) is 6.42 Å². The highest BCUT2D eigenvalue weighted by Crippen LogP contribution is 2.24. The second kappa shape index (κ2) is 6.51. The van der Waals surface area contributed by atoms with Crippen LogP contribution in [0.15, 0.2) is 24.4 Å². The number of aryl methyl sites for hydroxylation is 1. The van der Waals surface area contributed by atoms with Gasteiger partial charge in [-0.1, -0.05) is 39.2 Å². The molecule has 0 radical (unpaired) electrons. The summed E-state index contributed by atoms with van der Waals surface area (Å²) < 4.78 is 1.92. The maximum Gasteiger partial charge on any atom is 0.270 e. The minimum atomic E-state index is 0.0286. The topological polar surface area (TPSA) is 46.4 Å². The van der Waals surface area contributed by atoms with E-state index in [0.29, 0.717) is 12.0 Å². The third-order valence-electron chi connectivity index (χ3n) is 4.73. The van der Waals surface area contributed by atoms with Gasteiger partial charge in [-0.05, 0) is 37.3 Å². The van der Waals surface area contributed by atoms with E-state index in [-0.39, 0.29) is 5.91 Å². The van der Waals surface area contributed by atoms with Crippen molar-refractivity contribution >= 4 is 11.6 Å². The molecule has 1 aliphatic rings. The summed E-state index contributed by atoms with van der Waals surface area (Å²) >= 11 is 0. The van der Waals surface area contributed by atoms with Gasteiger partial charge < -0.3 is 5.32 Å². The first-order valence-corrected chi connectivity index (χ1v) is 8.47. The molecule has 2 aromatic heterocycles. The lowest BCUT2D eigenvalue weighted by Gasteiger charge is -2.29. The number of aromatic nitrogens is 2. The van der Waals surface area contributed by atoms with Gasteiger partial charge in [0.15, 0.2) is 0 Å². The van der Waals surface area contributed by atoms with Crippen molar-refractivity contribution in [2.45, 2.75) is 58.4 Å². The van der Waals surface area contributed by atoms with E-state index in [1.807, 2.05) is 28.8 Å². The predicted octanol–water partition coefficient (Wildman–Crippen LogP) is 3.60. The van der Waals surface area contributed by atoms with Crippen LogP contribution < -0.4 is 5.32 Å². The van der Waals surface area contributed by atoms with E-state index in [1.165, 1.54) is 19.3 Å². The fraction of sp³-hybridized carbons (Fsp3) is 0.556. The van der Waals surface area contributed by atoms with Crippen molar-refractivity contribution in [3.63, 3.8) is 0 Å². The number of fused-ring (bicyclic) bond motifs is 1. The summed E-state index contributed by atoms with van der Waals surface area (Å²) in [6.45, 7) is 4.36. The Morgan fingerprint density at radius 2 is 2.18 bits per heavy atom. The van der Waals surface area contributed by atoms with Gasteiger partial charge in [0.2, 0.25) is 0 Å². The van der Waals surface area contributed by atoms with E-state index < -0.39 is 0 Å². The minimum Gasteiger partial charge on any atom is -0.348 e. The molecule has 0 aliphatic heterocycles. The standard InChI is InChI=1S/C18H25N3O/c1-3-8-15-17(21-12-7-6-11-16(21)19-15)18(22)20-14-10-5-4-9-13(14)2/h6-7,11-14H,3-5,8-10H2,1-2H3,(H,20,22). The third kappa shape index (κ3) is 2.87. The fourth-order valence-corrected chi connectivity index (χ4v) is 3.46. The van der Waals surface area contributed by atoms with E-state index in [0.717, 1.165) is 36.3 Å². The Bertz CT molecular complexity index is 661. The summed E-state index contributed by atoms with van der Waals surface area (Å²) in [6.07, 6.45) is 8.55. The van der Waals surface area contributed by atoms with Crippen LogP contribution in [0, 0.1) is 5.92 Å². The number of carbonyl (C=O) groups excluding carboxylic acids is 1. The van der Waals surface area contributed by atoms with Gasteiger partial charge in [0.05, 0.1) is 5.69 Å². The van der Waals surface area contributed by atoms with Crippen LogP contribution in [0.25, 0.3) is 5.65 Å². The smallest absolute Gasteiger partial charge is 0.270 e. The lowest BCUT2D eigenvalue weighted by Crippen LogP contribution is -2.41. The van der Waals surface area contributed by atoms with Crippen LogP contribution in [0.5, 0.6) is 0 Å². The van der Waals surface area contributed by atoms with Crippen LogP contribution in [0.1, 0.15) is 62.1 Å². The molecule has 22 heavy (non-hydrogen) atoms. The van der Waals surface area contributed by atoms with E-state index in [2.05, 4.69) is 24.1 Å². The van der Waals surface area contributed by atoms with Crippen LogP contribution in [-0.4, -0.2) is 21.3 Å². The molecule has 1 saturated carbocycles. The number of rotatable bonds is 4. The van der Waals surface area contributed by atoms with E-state index in [4.69, 9.17) is 0 Å². The maximum absolute atomic E-state index is 12.9. The first-order chi connectivity index (χ1) is 10.7. The highest BCUT2D eigenvalue weighted by molar-refractivity contribution is 5.95. The van der Waals surface area contributed by atoms with Crippen LogP contribution in [0.4, 0.5) is 0 Å². The van der Waals surface area contributed by atoms with Gasteiger partial charge in [0, 0.05) is 12.2 Å². The molecule has 1 aliphatic carbocycles. The molecule has 4 heteroatoms. The van der Waals surface area contributed by atoms with Gasteiger partial charge in [0.1, 0.15) is 11.3 Å². The monoisotopic (exact) mass is 299 g/mol. The molecule has 2 atom stereocenters. The van der Waals surface area contributed by atoms with Gasteiger partial charge in [-0.25, -0.2) is 4.98 Å². The Morgan fingerprint density at radius 1 is 1.36 bits per heavy atom. The van der Waals surface area contributed by atoms with Gasteiger partial charge in [0.25, 0.3) is 5.91 Å². The van der Waals surface area contributed by atoms with E-state index in [1.54, 1.807) is 0 Å². The molecule has 1 N–H and O–H groups in total. The van der Waals surface area contributed by atoms with E-state index >= 15 is 0 Å². The largest absolute Gasteiger partial charge is 0.348 e. The second-order valence-electron chi connectivity index (χ2n) is 6.43. The Kier molecular flexibility index (Phi) is 4.46. The summed E-state index contributed by atoms with van der Waals surface area (Å²) in [5.41, 5.74) is 2.48. The van der Waals surface area contributed by atoms with Gasteiger partial charge in [-0.3, -0.25) is 9.20 Å². The van der Waals surface area contributed by atoms with Crippen molar-refractivity contribution in [1.82, 2.24) is 14.7 Å².